The zero-order valence-electron chi connectivity index (χ0n) is 17.6. The summed E-state index contributed by atoms with van der Waals surface area (Å²) in [6.45, 7) is 5.58. The zero-order valence-corrected chi connectivity index (χ0v) is 18.4. The van der Waals surface area contributed by atoms with Gasteiger partial charge in [0.2, 0.25) is 11.8 Å². The average Bonchev–Trinajstić information content (AvgIpc) is 3.09. The van der Waals surface area contributed by atoms with E-state index in [9.17, 15) is 9.59 Å². The quantitative estimate of drug-likeness (QED) is 0.362. The van der Waals surface area contributed by atoms with Crippen LogP contribution >= 0.6 is 11.8 Å². The number of para-hydroxylation sites is 2. The van der Waals surface area contributed by atoms with E-state index in [1.807, 2.05) is 28.8 Å². The first kappa shape index (κ1) is 23.5. The Bertz CT molecular complexity index is 840. The van der Waals surface area contributed by atoms with Gasteiger partial charge >= 0.3 is 0 Å². The molecule has 0 atom stereocenters. The predicted octanol–water partition coefficient (Wildman–Crippen LogP) is 1.65. The minimum atomic E-state index is -0.377. The van der Waals surface area contributed by atoms with Crippen LogP contribution in [0.3, 0.4) is 0 Å². The van der Waals surface area contributed by atoms with Crippen LogP contribution in [0.15, 0.2) is 29.4 Å². The molecule has 0 bridgehead atoms. The van der Waals surface area contributed by atoms with E-state index >= 15 is 0 Å². The van der Waals surface area contributed by atoms with Crippen molar-refractivity contribution in [2.24, 2.45) is 11.7 Å². The van der Waals surface area contributed by atoms with Crippen LogP contribution < -0.4 is 20.5 Å². The molecule has 10 heteroatoms. The molecule has 1 aromatic heterocycles. The second-order valence-corrected chi connectivity index (χ2v) is 7.95. The van der Waals surface area contributed by atoms with Crippen molar-refractivity contribution in [1.82, 2.24) is 20.1 Å². The third-order valence-electron chi connectivity index (χ3n) is 4.02. The second kappa shape index (κ2) is 12.1. The maximum atomic E-state index is 12.2. The molecule has 1 heterocycles. The Hall–Kier alpha value is -2.75. The SMILES string of the molecule is COc1ccccc1OCCNC(=O)CSc1nnc(CCC(N)=O)n1CC(C)C. The van der Waals surface area contributed by atoms with Gasteiger partial charge in [-0.25, -0.2) is 0 Å². The molecular formula is C20H29N5O4S. The summed E-state index contributed by atoms with van der Waals surface area (Å²) in [6.07, 6.45) is 0.648. The maximum absolute atomic E-state index is 12.2. The number of hydrogen-bond donors (Lipinski definition) is 2. The number of carbonyl (C=O) groups excluding carboxylic acids is 2. The standard InChI is InChI=1S/C20H29N5O4S/c1-14(2)12-25-18(9-8-17(21)26)23-24-20(25)30-13-19(27)22-10-11-29-16-7-5-4-6-15(16)28-3/h4-7,14H,8-13H2,1-3H3,(H2,21,26)(H,22,27). The van der Waals surface area contributed by atoms with Crippen molar-refractivity contribution in [1.29, 1.82) is 0 Å². The number of nitrogens with two attached hydrogens (primary N) is 1. The minimum Gasteiger partial charge on any atom is -0.493 e. The molecule has 0 saturated heterocycles. The van der Waals surface area contributed by atoms with Gasteiger partial charge in [0.15, 0.2) is 16.7 Å². The fourth-order valence-electron chi connectivity index (χ4n) is 2.66. The van der Waals surface area contributed by atoms with Crippen molar-refractivity contribution < 1.29 is 19.1 Å². The van der Waals surface area contributed by atoms with Crippen LogP contribution in [0.4, 0.5) is 0 Å². The van der Waals surface area contributed by atoms with Crippen LogP contribution in [0.1, 0.15) is 26.1 Å². The molecule has 0 radical (unpaired) electrons. The molecule has 164 valence electrons. The van der Waals surface area contributed by atoms with E-state index in [0.717, 1.165) is 0 Å². The van der Waals surface area contributed by atoms with Crippen molar-refractivity contribution in [3.8, 4) is 11.5 Å². The van der Waals surface area contributed by atoms with Crippen molar-refractivity contribution in [2.45, 2.75) is 38.4 Å². The Morgan fingerprint density at radius 3 is 2.63 bits per heavy atom. The van der Waals surface area contributed by atoms with Gasteiger partial charge in [0.05, 0.1) is 19.4 Å². The molecule has 2 rings (SSSR count). The van der Waals surface area contributed by atoms with E-state index in [0.29, 0.717) is 54.5 Å². The van der Waals surface area contributed by atoms with Crippen LogP contribution in [0.2, 0.25) is 0 Å². The number of primary amides is 1. The minimum absolute atomic E-state index is 0.124. The zero-order chi connectivity index (χ0) is 21.9. The molecule has 3 N–H and O–H groups in total. The number of aromatic nitrogens is 3. The van der Waals surface area contributed by atoms with E-state index in [4.69, 9.17) is 15.2 Å². The average molecular weight is 436 g/mol. The summed E-state index contributed by atoms with van der Waals surface area (Å²) in [5.74, 6) is 2.06. The molecule has 0 aliphatic rings. The summed E-state index contributed by atoms with van der Waals surface area (Å²) in [4.78, 5) is 23.2. The van der Waals surface area contributed by atoms with E-state index in [-0.39, 0.29) is 24.0 Å². The van der Waals surface area contributed by atoms with Crippen LogP contribution in [0, 0.1) is 5.92 Å². The van der Waals surface area contributed by atoms with Gasteiger partial charge in [-0.15, -0.1) is 10.2 Å². The van der Waals surface area contributed by atoms with Crippen LogP contribution in [0.5, 0.6) is 11.5 Å². The van der Waals surface area contributed by atoms with Crippen LogP contribution in [-0.4, -0.2) is 52.6 Å². The monoisotopic (exact) mass is 435 g/mol. The van der Waals surface area contributed by atoms with Gasteiger partial charge < -0.3 is 25.1 Å². The van der Waals surface area contributed by atoms with Crippen molar-refractivity contribution in [3.05, 3.63) is 30.1 Å². The molecule has 0 aliphatic carbocycles. The Labute approximate surface area is 180 Å². The molecule has 30 heavy (non-hydrogen) atoms. The highest BCUT2D eigenvalue weighted by Crippen LogP contribution is 2.25. The fourth-order valence-corrected chi connectivity index (χ4v) is 3.46. The molecule has 0 saturated carbocycles. The molecule has 1 aromatic carbocycles. The Balaban J connectivity index is 1.81. The molecule has 0 unspecified atom stereocenters. The molecule has 2 aromatic rings. The third-order valence-corrected chi connectivity index (χ3v) is 4.99. The smallest absolute Gasteiger partial charge is 0.230 e. The third kappa shape index (κ3) is 7.58. The summed E-state index contributed by atoms with van der Waals surface area (Å²) in [7, 11) is 1.58. The van der Waals surface area contributed by atoms with E-state index in [1.165, 1.54) is 11.8 Å². The Kier molecular flexibility index (Phi) is 9.46. The van der Waals surface area contributed by atoms with Gasteiger partial charge in [0.25, 0.3) is 0 Å². The number of carbonyl (C=O) groups is 2. The molecule has 0 aliphatic heterocycles. The predicted molar refractivity (Wildman–Crippen MR) is 115 cm³/mol. The van der Waals surface area contributed by atoms with Crippen molar-refractivity contribution >= 4 is 23.6 Å². The molecule has 2 amide bonds. The highest BCUT2D eigenvalue weighted by Gasteiger charge is 2.16. The number of methoxy groups -OCH3 is 1. The van der Waals surface area contributed by atoms with Gasteiger partial charge in [-0.3, -0.25) is 9.59 Å². The summed E-state index contributed by atoms with van der Waals surface area (Å²) in [6, 6.07) is 7.35. The first-order chi connectivity index (χ1) is 14.4. The van der Waals surface area contributed by atoms with Crippen molar-refractivity contribution in [3.63, 3.8) is 0 Å². The number of nitrogens with zero attached hydrogens (tertiary/aromatic N) is 3. The number of hydrogen-bond acceptors (Lipinski definition) is 7. The van der Waals surface area contributed by atoms with Gasteiger partial charge in [-0.05, 0) is 18.1 Å². The van der Waals surface area contributed by atoms with Crippen molar-refractivity contribution in [2.75, 3.05) is 26.0 Å². The lowest BCUT2D eigenvalue weighted by Gasteiger charge is -2.12. The van der Waals surface area contributed by atoms with Gasteiger partial charge in [-0.2, -0.15) is 0 Å². The largest absolute Gasteiger partial charge is 0.493 e. The molecular weight excluding hydrogens is 406 g/mol. The van der Waals surface area contributed by atoms with Crippen LogP contribution in [0.25, 0.3) is 0 Å². The summed E-state index contributed by atoms with van der Waals surface area (Å²) < 4.78 is 12.8. The number of amides is 2. The summed E-state index contributed by atoms with van der Waals surface area (Å²) in [5.41, 5.74) is 5.24. The van der Waals surface area contributed by atoms with Gasteiger partial charge in [0.1, 0.15) is 12.4 Å². The van der Waals surface area contributed by atoms with E-state index in [1.54, 1.807) is 7.11 Å². The topological polar surface area (TPSA) is 121 Å². The number of thioether (sulfide) groups is 1. The summed E-state index contributed by atoms with van der Waals surface area (Å²) >= 11 is 1.31. The highest BCUT2D eigenvalue weighted by atomic mass is 32.2. The molecule has 0 spiro atoms. The second-order valence-electron chi connectivity index (χ2n) is 7.01. The Morgan fingerprint density at radius 1 is 1.23 bits per heavy atom. The number of aryl methyl sites for hydroxylation is 1. The number of nitrogens with one attached hydrogen (secondary N) is 1. The Morgan fingerprint density at radius 2 is 1.97 bits per heavy atom. The van der Waals surface area contributed by atoms with E-state index in [2.05, 4.69) is 29.4 Å². The molecule has 0 fully saturated rings. The lowest BCUT2D eigenvalue weighted by atomic mass is 10.2. The van der Waals surface area contributed by atoms with Gasteiger partial charge in [-0.1, -0.05) is 37.7 Å². The first-order valence-electron chi connectivity index (χ1n) is 9.76. The summed E-state index contributed by atoms with van der Waals surface area (Å²) in [5, 5.41) is 11.8. The normalized spacial score (nSPS) is 10.8. The highest BCUT2D eigenvalue weighted by molar-refractivity contribution is 7.99. The van der Waals surface area contributed by atoms with Crippen LogP contribution in [-0.2, 0) is 22.6 Å². The maximum Gasteiger partial charge on any atom is 0.230 e. The number of benzene rings is 1. The lowest BCUT2D eigenvalue weighted by Crippen LogP contribution is -2.29. The molecule has 9 nitrogen and oxygen atoms in total. The number of rotatable bonds is 13. The first-order valence-corrected chi connectivity index (χ1v) is 10.7. The fraction of sp³-hybridized carbons (Fsp3) is 0.500. The van der Waals surface area contributed by atoms with E-state index < -0.39 is 0 Å². The number of ether oxygens (including phenoxy) is 2. The lowest BCUT2D eigenvalue weighted by molar-refractivity contribution is -0.119. The van der Waals surface area contributed by atoms with Gasteiger partial charge in [0, 0.05) is 19.4 Å².